The van der Waals surface area contributed by atoms with Crippen molar-refractivity contribution in [1.82, 2.24) is 0 Å². The molecule has 0 rings (SSSR count). The molecule has 0 aliphatic rings. The predicted octanol–water partition coefficient (Wildman–Crippen LogP) is -0.0303. The van der Waals surface area contributed by atoms with Crippen LogP contribution in [-0.4, -0.2) is 30.2 Å². The largest absolute Gasteiger partial charge is 0.385 e. The van der Waals surface area contributed by atoms with Gasteiger partial charge in [-0.3, -0.25) is 0 Å². The predicted molar refractivity (Wildman–Crippen MR) is 33.9 cm³/mol. The van der Waals surface area contributed by atoms with Crippen LogP contribution >= 0.6 is 0 Å². The van der Waals surface area contributed by atoms with E-state index < -0.39 is 6.29 Å². The quantitative estimate of drug-likeness (QED) is 0.531. The van der Waals surface area contributed by atoms with E-state index in [0.29, 0.717) is 13.0 Å². The molecule has 0 radical (unpaired) electrons. The van der Waals surface area contributed by atoms with Gasteiger partial charge in [-0.1, -0.05) is 6.92 Å². The first-order valence-electron chi connectivity index (χ1n) is 3.03. The van der Waals surface area contributed by atoms with Gasteiger partial charge in [-0.05, 0) is 6.42 Å². The molecule has 0 spiro atoms. The van der Waals surface area contributed by atoms with E-state index in [1.54, 1.807) is 14.0 Å². The Morgan fingerprint density at radius 3 is 2.33 bits per heavy atom. The topological polar surface area (TPSA) is 49.7 Å². The lowest BCUT2D eigenvalue weighted by molar-refractivity contribution is -0.0841. The monoisotopic (exact) mass is 134 g/mol. The van der Waals surface area contributed by atoms with Crippen LogP contribution in [0.15, 0.2) is 0 Å². The molecule has 0 aliphatic carbocycles. The first kappa shape index (κ1) is 8.88. The summed E-state index contributed by atoms with van der Waals surface area (Å²) in [6.07, 6.45) is -0.520. The second-order valence-electron chi connectivity index (χ2n) is 2.17. The molecule has 1 atom stereocenters. The minimum Gasteiger partial charge on any atom is -0.385 e. The van der Waals surface area contributed by atoms with Gasteiger partial charge >= 0.3 is 0 Å². The lowest BCUT2D eigenvalue weighted by Gasteiger charge is -2.11. The fourth-order valence-electron chi connectivity index (χ4n) is 0.453. The third-order valence-corrected chi connectivity index (χ3v) is 1.29. The molecule has 0 aromatic heterocycles. The van der Waals surface area contributed by atoms with Crippen LogP contribution in [0.5, 0.6) is 0 Å². The first-order valence-corrected chi connectivity index (χ1v) is 3.03. The summed E-state index contributed by atoms with van der Waals surface area (Å²) in [5, 5.41) is 17.1. The molecule has 0 amide bonds. The standard InChI is InChI=1S/C6H14O3/c1-5(6(7)8)3-4-9-2/h5-8H,3-4H2,1-2H3. The number of hydrogen-bond acceptors (Lipinski definition) is 3. The van der Waals surface area contributed by atoms with Crippen LogP contribution in [0.1, 0.15) is 13.3 Å². The summed E-state index contributed by atoms with van der Waals surface area (Å²) in [6, 6.07) is 0. The van der Waals surface area contributed by atoms with Gasteiger partial charge in [-0.2, -0.15) is 0 Å². The normalized spacial score (nSPS) is 14.3. The number of rotatable bonds is 4. The molecule has 0 saturated heterocycles. The number of ether oxygens (including phenoxy) is 1. The fourth-order valence-corrected chi connectivity index (χ4v) is 0.453. The molecular formula is C6H14O3. The van der Waals surface area contributed by atoms with Crippen molar-refractivity contribution in [2.24, 2.45) is 5.92 Å². The van der Waals surface area contributed by atoms with E-state index in [1.165, 1.54) is 0 Å². The summed E-state index contributed by atoms with van der Waals surface area (Å²) in [7, 11) is 1.59. The van der Waals surface area contributed by atoms with Gasteiger partial charge in [0.1, 0.15) is 0 Å². The van der Waals surface area contributed by atoms with Crippen LogP contribution in [0.4, 0.5) is 0 Å². The minimum absolute atomic E-state index is 0.0926. The first-order chi connectivity index (χ1) is 4.18. The Bertz CT molecular complexity index is 63.3. The number of aliphatic hydroxyl groups is 2. The Labute approximate surface area is 55.3 Å². The van der Waals surface area contributed by atoms with Crippen molar-refractivity contribution in [2.75, 3.05) is 13.7 Å². The molecule has 1 unspecified atom stereocenters. The van der Waals surface area contributed by atoms with Gasteiger partial charge in [0.2, 0.25) is 0 Å². The maximum absolute atomic E-state index is 8.55. The van der Waals surface area contributed by atoms with Crippen molar-refractivity contribution < 1.29 is 14.9 Å². The SMILES string of the molecule is COCCC(C)C(O)O. The maximum Gasteiger partial charge on any atom is 0.154 e. The van der Waals surface area contributed by atoms with E-state index >= 15 is 0 Å². The Morgan fingerprint density at radius 2 is 2.00 bits per heavy atom. The average Bonchev–Trinajstić information content (AvgIpc) is 1.82. The summed E-state index contributed by atoms with van der Waals surface area (Å²) < 4.78 is 4.74. The van der Waals surface area contributed by atoms with Gasteiger partial charge in [0, 0.05) is 19.6 Å². The Hall–Kier alpha value is -0.120. The van der Waals surface area contributed by atoms with Gasteiger partial charge < -0.3 is 14.9 Å². The second-order valence-corrected chi connectivity index (χ2v) is 2.17. The van der Waals surface area contributed by atoms with E-state index in [-0.39, 0.29) is 5.92 Å². The van der Waals surface area contributed by atoms with E-state index in [1.807, 2.05) is 0 Å². The lowest BCUT2D eigenvalue weighted by Crippen LogP contribution is -2.17. The average molecular weight is 134 g/mol. The van der Waals surface area contributed by atoms with Gasteiger partial charge in [-0.15, -0.1) is 0 Å². The molecule has 0 bridgehead atoms. The summed E-state index contributed by atoms with van der Waals surface area (Å²) in [5.41, 5.74) is 0. The third-order valence-electron chi connectivity index (χ3n) is 1.29. The number of aliphatic hydroxyl groups excluding tert-OH is 1. The highest BCUT2D eigenvalue weighted by Crippen LogP contribution is 2.04. The molecule has 3 nitrogen and oxygen atoms in total. The summed E-state index contributed by atoms with van der Waals surface area (Å²) in [4.78, 5) is 0. The Kier molecular flexibility index (Phi) is 4.67. The second kappa shape index (κ2) is 4.73. The van der Waals surface area contributed by atoms with E-state index in [0.717, 1.165) is 0 Å². The fraction of sp³-hybridized carbons (Fsp3) is 1.00. The number of hydrogen-bond donors (Lipinski definition) is 2. The highest BCUT2D eigenvalue weighted by atomic mass is 16.5. The van der Waals surface area contributed by atoms with E-state index in [4.69, 9.17) is 14.9 Å². The van der Waals surface area contributed by atoms with Crippen LogP contribution in [0.2, 0.25) is 0 Å². The molecule has 0 aromatic carbocycles. The van der Waals surface area contributed by atoms with Crippen molar-refractivity contribution in [3.8, 4) is 0 Å². The highest BCUT2D eigenvalue weighted by molar-refractivity contribution is 4.51. The van der Waals surface area contributed by atoms with Crippen LogP contribution in [0, 0.1) is 5.92 Å². The molecule has 0 saturated carbocycles. The van der Waals surface area contributed by atoms with Gasteiger partial charge in [0.05, 0.1) is 0 Å². The number of methoxy groups -OCH3 is 1. The zero-order valence-electron chi connectivity index (χ0n) is 5.87. The lowest BCUT2D eigenvalue weighted by atomic mass is 10.1. The molecule has 0 heterocycles. The summed E-state index contributed by atoms with van der Waals surface area (Å²) >= 11 is 0. The van der Waals surface area contributed by atoms with Crippen LogP contribution < -0.4 is 0 Å². The van der Waals surface area contributed by atoms with Gasteiger partial charge in [-0.25, -0.2) is 0 Å². The molecule has 0 aliphatic heterocycles. The molecule has 3 heteroatoms. The Balaban J connectivity index is 3.16. The van der Waals surface area contributed by atoms with Crippen molar-refractivity contribution in [3.63, 3.8) is 0 Å². The minimum atomic E-state index is -1.21. The van der Waals surface area contributed by atoms with E-state index in [2.05, 4.69) is 0 Å². The van der Waals surface area contributed by atoms with Gasteiger partial charge in [0.15, 0.2) is 6.29 Å². The van der Waals surface area contributed by atoms with E-state index in [9.17, 15) is 0 Å². The third kappa shape index (κ3) is 4.39. The van der Waals surface area contributed by atoms with Crippen LogP contribution in [0.3, 0.4) is 0 Å². The zero-order chi connectivity index (χ0) is 7.28. The van der Waals surface area contributed by atoms with Crippen LogP contribution in [0.25, 0.3) is 0 Å². The molecule has 0 aromatic rings. The van der Waals surface area contributed by atoms with Crippen molar-refractivity contribution in [1.29, 1.82) is 0 Å². The summed E-state index contributed by atoms with van der Waals surface area (Å²) in [5.74, 6) is -0.0926. The highest BCUT2D eigenvalue weighted by Gasteiger charge is 2.08. The van der Waals surface area contributed by atoms with Gasteiger partial charge in [0.25, 0.3) is 0 Å². The Morgan fingerprint density at radius 1 is 1.44 bits per heavy atom. The molecule has 56 valence electrons. The molecule has 9 heavy (non-hydrogen) atoms. The van der Waals surface area contributed by atoms with Crippen LogP contribution in [-0.2, 0) is 4.74 Å². The van der Waals surface area contributed by atoms with Crippen molar-refractivity contribution in [3.05, 3.63) is 0 Å². The van der Waals surface area contributed by atoms with Crippen molar-refractivity contribution >= 4 is 0 Å². The summed E-state index contributed by atoms with van der Waals surface area (Å²) in [6.45, 7) is 2.35. The maximum atomic E-state index is 8.55. The van der Waals surface area contributed by atoms with Crippen molar-refractivity contribution in [2.45, 2.75) is 19.6 Å². The zero-order valence-corrected chi connectivity index (χ0v) is 5.87. The smallest absolute Gasteiger partial charge is 0.154 e. The molecule has 0 fully saturated rings. The molecule has 2 N–H and O–H groups in total. The molecular weight excluding hydrogens is 120 g/mol.